The molecule has 0 radical (unpaired) electrons. The van der Waals surface area contributed by atoms with Crippen LogP contribution < -0.4 is 4.74 Å². The second kappa shape index (κ2) is 6.69. The minimum absolute atomic E-state index is 0.0949. The van der Waals surface area contributed by atoms with Crippen LogP contribution in [0.25, 0.3) is 0 Å². The first-order chi connectivity index (χ1) is 8.62. The molecule has 98 valence electrons. The van der Waals surface area contributed by atoms with Gasteiger partial charge in [-0.3, -0.25) is 4.79 Å². The van der Waals surface area contributed by atoms with Crippen LogP contribution in [-0.2, 0) is 4.74 Å². The lowest BCUT2D eigenvalue weighted by Crippen LogP contribution is -2.00. The summed E-state index contributed by atoms with van der Waals surface area (Å²) in [7, 11) is 1.50. The quantitative estimate of drug-likeness (QED) is 0.479. The van der Waals surface area contributed by atoms with E-state index >= 15 is 0 Å². The lowest BCUT2D eigenvalue weighted by atomic mass is 10.1. The van der Waals surface area contributed by atoms with E-state index in [4.69, 9.17) is 9.47 Å². The molecule has 0 unspecified atom stereocenters. The van der Waals surface area contributed by atoms with Gasteiger partial charge >= 0.3 is 0 Å². The van der Waals surface area contributed by atoms with Crippen molar-refractivity contribution in [2.24, 2.45) is 0 Å². The summed E-state index contributed by atoms with van der Waals surface area (Å²) in [6.45, 7) is 4.28. The molecule has 0 aromatic heterocycles. The number of hydrogen-bond acceptors (Lipinski definition) is 4. The molecule has 0 amide bonds. The van der Waals surface area contributed by atoms with Crippen molar-refractivity contribution in [2.75, 3.05) is 13.7 Å². The maximum atomic E-state index is 12.0. The molecule has 0 bridgehead atoms. The van der Waals surface area contributed by atoms with Crippen LogP contribution in [0.5, 0.6) is 11.5 Å². The summed E-state index contributed by atoms with van der Waals surface area (Å²) in [6.07, 6.45) is 2.04. The first-order valence-corrected chi connectivity index (χ1v) is 5.87. The van der Waals surface area contributed by atoms with Crippen LogP contribution in [0.1, 0.15) is 30.6 Å². The Labute approximate surface area is 107 Å². The monoisotopic (exact) mass is 250 g/mol. The van der Waals surface area contributed by atoms with E-state index in [9.17, 15) is 9.90 Å². The highest BCUT2D eigenvalue weighted by Gasteiger charge is 2.11. The first kappa shape index (κ1) is 14.1. The maximum absolute atomic E-state index is 12.0. The fraction of sp³-hybridized carbons (Fsp3) is 0.357. The fourth-order valence-electron chi connectivity index (χ4n) is 1.50. The smallest absolute Gasteiger partial charge is 0.192 e. The van der Waals surface area contributed by atoms with Gasteiger partial charge in [0.25, 0.3) is 0 Å². The number of ketones is 1. The zero-order chi connectivity index (χ0) is 13.5. The molecule has 18 heavy (non-hydrogen) atoms. The summed E-state index contributed by atoms with van der Waals surface area (Å²) in [6, 6.07) is 4.58. The van der Waals surface area contributed by atoms with Gasteiger partial charge in [-0.15, -0.1) is 0 Å². The topological polar surface area (TPSA) is 55.8 Å². The van der Waals surface area contributed by atoms with E-state index in [1.807, 2.05) is 13.8 Å². The summed E-state index contributed by atoms with van der Waals surface area (Å²) >= 11 is 0. The van der Waals surface area contributed by atoms with Gasteiger partial charge in [0, 0.05) is 18.6 Å². The number of phenolic OH excluding ortho intramolecular Hbond substituents is 1. The standard InChI is InChI=1S/C14H18O4/c1-4-10(18-5-2)8-13(15)12-7-6-11(17-3)9-14(12)16/h6-9,16H,4-5H2,1-3H3/b10-8-. The van der Waals surface area contributed by atoms with Crippen molar-refractivity contribution in [3.8, 4) is 11.5 Å². The SMILES string of the molecule is CCO/C(=C\C(=O)c1ccc(OC)cc1O)CC. The average molecular weight is 250 g/mol. The molecule has 0 saturated carbocycles. The largest absolute Gasteiger partial charge is 0.507 e. The molecule has 1 aromatic carbocycles. The third kappa shape index (κ3) is 3.52. The maximum Gasteiger partial charge on any atom is 0.192 e. The predicted molar refractivity (Wildman–Crippen MR) is 69.0 cm³/mol. The predicted octanol–water partition coefficient (Wildman–Crippen LogP) is 2.91. The number of carbonyl (C=O) groups is 1. The van der Waals surface area contributed by atoms with Crippen LogP contribution in [0.3, 0.4) is 0 Å². The van der Waals surface area contributed by atoms with Gasteiger partial charge in [-0.2, -0.15) is 0 Å². The Morgan fingerprint density at radius 1 is 1.39 bits per heavy atom. The molecule has 0 atom stereocenters. The van der Waals surface area contributed by atoms with Crippen molar-refractivity contribution in [1.82, 2.24) is 0 Å². The van der Waals surface area contributed by atoms with Gasteiger partial charge in [0.05, 0.1) is 25.0 Å². The number of carbonyl (C=O) groups excluding carboxylic acids is 1. The van der Waals surface area contributed by atoms with Gasteiger partial charge in [0.1, 0.15) is 11.5 Å². The molecule has 4 heteroatoms. The molecule has 1 N–H and O–H groups in total. The van der Waals surface area contributed by atoms with Crippen molar-refractivity contribution < 1.29 is 19.4 Å². The lowest BCUT2D eigenvalue weighted by molar-refractivity contribution is 0.103. The molecule has 0 aliphatic heterocycles. The number of methoxy groups -OCH3 is 1. The molecule has 1 aromatic rings. The Morgan fingerprint density at radius 2 is 2.11 bits per heavy atom. The number of hydrogen-bond donors (Lipinski definition) is 1. The Hall–Kier alpha value is -1.97. The number of allylic oxidation sites excluding steroid dienone is 2. The zero-order valence-corrected chi connectivity index (χ0v) is 10.9. The van der Waals surface area contributed by atoms with Gasteiger partial charge < -0.3 is 14.6 Å². The number of phenols is 1. The highest BCUT2D eigenvalue weighted by atomic mass is 16.5. The van der Waals surface area contributed by atoms with E-state index in [-0.39, 0.29) is 17.1 Å². The van der Waals surface area contributed by atoms with E-state index in [2.05, 4.69) is 0 Å². The number of rotatable bonds is 6. The molecule has 0 aliphatic carbocycles. The van der Waals surface area contributed by atoms with E-state index in [1.54, 1.807) is 6.07 Å². The van der Waals surface area contributed by atoms with Crippen LogP contribution in [0.2, 0.25) is 0 Å². The van der Waals surface area contributed by atoms with Gasteiger partial charge in [0.15, 0.2) is 5.78 Å². The summed E-state index contributed by atoms with van der Waals surface area (Å²) in [5.74, 6) is 0.745. The van der Waals surface area contributed by atoms with Gasteiger partial charge in [-0.05, 0) is 19.1 Å². The highest BCUT2D eigenvalue weighted by molar-refractivity contribution is 6.06. The van der Waals surface area contributed by atoms with Crippen molar-refractivity contribution in [3.63, 3.8) is 0 Å². The van der Waals surface area contributed by atoms with Crippen molar-refractivity contribution in [2.45, 2.75) is 20.3 Å². The Balaban J connectivity index is 2.96. The van der Waals surface area contributed by atoms with Crippen LogP contribution in [-0.4, -0.2) is 24.6 Å². The average Bonchev–Trinajstić information content (AvgIpc) is 2.37. The van der Waals surface area contributed by atoms with Crippen molar-refractivity contribution in [1.29, 1.82) is 0 Å². The van der Waals surface area contributed by atoms with Gasteiger partial charge in [-0.25, -0.2) is 0 Å². The van der Waals surface area contributed by atoms with E-state index in [0.717, 1.165) is 0 Å². The fourth-order valence-corrected chi connectivity index (χ4v) is 1.50. The highest BCUT2D eigenvalue weighted by Crippen LogP contribution is 2.24. The molecule has 0 aliphatic rings. The van der Waals surface area contributed by atoms with Crippen molar-refractivity contribution in [3.05, 3.63) is 35.6 Å². The van der Waals surface area contributed by atoms with Crippen molar-refractivity contribution >= 4 is 5.78 Å². The zero-order valence-electron chi connectivity index (χ0n) is 10.9. The molecular formula is C14H18O4. The molecular weight excluding hydrogens is 232 g/mol. The lowest BCUT2D eigenvalue weighted by Gasteiger charge is -2.07. The molecule has 0 fully saturated rings. The number of ether oxygens (including phenoxy) is 2. The summed E-state index contributed by atoms with van der Waals surface area (Å²) in [4.78, 5) is 12.0. The van der Waals surface area contributed by atoms with E-state index < -0.39 is 0 Å². The Bertz CT molecular complexity index is 449. The molecule has 0 saturated heterocycles. The summed E-state index contributed by atoms with van der Waals surface area (Å²) < 4.78 is 10.3. The summed E-state index contributed by atoms with van der Waals surface area (Å²) in [5.41, 5.74) is 0.237. The van der Waals surface area contributed by atoms with E-state index in [1.165, 1.54) is 25.3 Å². The van der Waals surface area contributed by atoms with E-state index in [0.29, 0.717) is 24.5 Å². The number of aromatic hydroxyl groups is 1. The first-order valence-electron chi connectivity index (χ1n) is 5.87. The second-order valence-corrected chi connectivity index (χ2v) is 3.64. The van der Waals surface area contributed by atoms with Crippen LogP contribution in [0.15, 0.2) is 30.0 Å². The third-order valence-electron chi connectivity index (χ3n) is 2.44. The van der Waals surface area contributed by atoms with Crippen LogP contribution in [0, 0.1) is 0 Å². The van der Waals surface area contributed by atoms with Gasteiger partial charge in [-0.1, -0.05) is 6.92 Å². The minimum atomic E-state index is -0.277. The number of benzene rings is 1. The van der Waals surface area contributed by atoms with Crippen LogP contribution in [0.4, 0.5) is 0 Å². The van der Waals surface area contributed by atoms with Gasteiger partial charge in [0.2, 0.25) is 0 Å². The molecule has 0 spiro atoms. The summed E-state index contributed by atoms with van der Waals surface area (Å²) in [5, 5.41) is 9.74. The molecule has 1 rings (SSSR count). The van der Waals surface area contributed by atoms with Crippen LogP contribution >= 0.6 is 0 Å². The molecule has 0 heterocycles. The molecule has 4 nitrogen and oxygen atoms in total. The Kier molecular flexibility index (Phi) is 5.24. The Morgan fingerprint density at radius 3 is 2.61 bits per heavy atom. The minimum Gasteiger partial charge on any atom is -0.507 e. The normalized spacial score (nSPS) is 11.2. The second-order valence-electron chi connectivity index (χ2n) is 3.64. The third-order valence-corrected chi connectivity index (χ3v) is 2.44.